The van der Waals surface area contributed by atoms with Crippen LogP contribution in [0.1, 0.15) is 15.9 Å². The monoisotopic (exact) mass is 422 g/mol. The summed E-state index contributed by atoms with van der Waals surface area (Å²) >= 11 is 6.06. The predicted octanol–water partition coefficient (Wildman–Crippen LogP) is 2.62. The number of carbonyl (C=O) groups excluding carboxylic acids is 2. The molecule has 0 spiro atoms. The van der Waals surface area contributed by atoms with E-state index in [0.29, 0.717) is 49.0 Å². The van der Waals surface area contributed by atoms with Gasteiger partial charge in [0.15, 0.2) is 0 Å². The standard InChI is InChI=1S/C20H23ClN4O2.ClH/c21-17-3-1-2-4-18(17)23-19(26)14-24-9-11-25(12-10-24)20(27)16-7-5-15(13-22)6-8-16;/h1-8H,9-14,22H2,(H,23,26);1H. The number of nitrogens with zero attached hydrogens (tertiary/aromatic N) is 2. The first kappa shape index (κ1) is 22.2. The number of hydrogen-bond donors (Lipinski definition) is 2. The second kappa shape index (κ2) is 10.4. The molecule has 3 N–H and O–H groups in total. The number of hydrogen-bond acceptors (Lipinski definition) is 4. The van der Waals surface area contributed by atoms with E-state index in [0.717, 1.165) is 5.56 Å². The summed E-state index contributed by atoms with van der Waals surface area (Å²) in [6.07, 6.45) is 0. The molecule has 0 aromatic heterocycles. The first-order valence-electron chi connectivity index (χ1n) is 8.92. The van der Waals surface area contributed by atoms with Crippen molar-refractivity contribution < 1.29 is 9.59 Å². The zero-order valence-corrected chi connectivity index (χ0v) is 17.0. The highest BCUT2D eigenvalue weighted by atomic mass is 35.5. The van der Waals surface area contributed by atoms with Crippen LogP contribution in [0.4, 0.5) is 5.69 Å². The smallest absolute Gasteiger partial charge is 0.253 e. The van der Waals surface area contributed by atoms with Crippen LogP contribution in [0.2, 0.25) is 5.02 Å². The van der Waals surface area contributed by atoms with Crippen LogP contribution in [0.5, 0.6) is 0 Å². The van der Waals surface area contributed by atoms with Crippen LogP contribution in [0.3, 0.4) is 0 Å². The second-order valence-corrected chi connectivity index (χ2v) is 6.90. The lowest BCUT2D eigenvalue weighted by Crippen LogP contribution is -2.50. The normalized spacial score (nSPS) is 14.3. The van der Waals surface area contributed by atoms with E-state index in [1.165, 1.54) is 0 Å². The topological polar surface area (TPSA) is 78.7 Å². The highest BCUT2D eigenvalue weighted by molar-refractivity contribution is 6.33. The highest BCUT2D eigenvalue weighted by Crippen LogP contribution is 2.20. The summed E-state index contributed by atoms with van der Waals surface area (Å²) in [5.41, 5.74) is 7.86. The minimum atomic E-state index is -0.111. The Balaban J connectivity index is 0.00000280. The van der Waals surface area contributed by atoms with Gasteiger partial charge in [-0.2, -0.15) is 0 Å². The zero-order chi connectivity index (χ0) is 19.2. The molecular formula is C20H24Cl2N4O2. The summed E-state index contributed by atoms with van der Waals surface area (Å²) in [6, 6.07) is 14.5. The first-order valence-corrected chi connectivity index (χ1v) is 9.29. The van der Waals surface area contributed by atoms with Gasteiger partial charge >= 0.3 is 0 Å². The van der Waals surface area contributed by atoms with Crippen molar-refractivity contribution in [1.82, 2.24) is 9.80 Å². The van der Waals surface area contributed by atoms with Gasteiger partial charge < -0.3 is 16.0 Å². The molecule has 1 saturated heterocycles. The largest absolute Gasteiger partial charge is 0.336 e. The average Bonchev–Trinajstić information content (AvgIpc) is 2.70. The van der Waals surface area contributed by atoms with Gasteiger partial charge in [0.2, 0.25) is 5.91 Å². The maximum atomic E-state index is 12.6. The molecule has 0 aliphatic carbocycles. The van der Waals surface area contributed by atoms with Gasteiger partial charge in [0.1, 0.15) is 0 Å². The summed E-state index contributed by atoms with van der Waals surface area (Å²) in [5.74, 6) is -0.0982. The SMILES string of the molecule is Cl.NCc1ccc(C(=O)N2CCN(CC(=O)Nc3ccccc3Cl)CC2)cc1. The molecule has 0 saturated carbocycles. The minimum absolute atomic E-state index is 0. The molecule has 1 aliphatic rings. The number of anilines is 1. The third-order valence-electron chi connectivity index (χ3n) is 4.61. The molecule has 0 unspecified atom stereocenters. The van der Waals surface area contributed by atoms with Crippen molar-refractivity contribution in [2.75, 3.05) is 38.0 Å². The average molecular weight is 423 g/mol. The zero-order valence-electron chi connectivity index (χ0n) is 15.4. The van der Waals surface area contributed by atoms with E-state index in [4.69, 9.17) is 17.3 Å². The van der Waals surface area contributed by atoms with Gasteiger partial charge in [-0.05, 0) is 29.8 Å². The molecule has 3 rings (SSSR count). The minimum Gasteiger partial charge on any atom is -0.336 e. The molecule has 0 bridgehead atoms. The van der Waals surface area contributed by atoms with Gasteiger partial charge in [0.25, 0.3) is 5.91 Å². The van der Waals surface area contributed by atoms with Crippen molar-refractivity contribution in [2.24, 2.45) is 5.73 Å². The van der Waals surface area contributed by atoms with Gasteiger partial charge in [-0.15, -0.1) is 12.4 Å². The van der Waals surface area contributed by atoms with Crippen LogP contribution in [0.15, 0.2) is 48.5 Å². The molecule has 28 heavy (non-hydrogen) atoms. The van der Waals surface area contributed by atoms with Gasteiger partial charge in [-0.25, -0.2) is 0 Å². The van der Waals surface area contributed by atoms with Crippen molar-refractivity contribution >= 4 is 41.5 Å². The number of amides is 2. The molecule has 1 heterocycles. The molecular weight excluding hydrogens is 399 g/mol. The van der Waals surface area contributed by atoms with Gasteiger partial charge in [0.05, 0.1) is 17.3 Å². The van der Waals surface area contributed by atoms with Crippen LogP contribution in [0.25, 0.3) is 0 Å². The highest BCUT2D eigenvalue weighted by Gasteiger charge is 2.23. The molecule has 150 valence electrons. The van der Waals surface area contributed by atoms with E-state index in [1.807, 2.05) is 46.2 Å². The Hall–Kier alpha value is -2.12. The number of nitrogens with two attached hydrogens (primary N) is 1. The van der Waals surface area contributed by atoms with Gasteiger partial charge in [-0.3, -0.25) is 14.5 Å². The maximum Gasteiger partial charge on any atom is 0.253 e. The third-order valence-corrected chi connectivity index (χ3v) is 4.94. The Bertz CT molecular complexity index is 806. The Morgan fingerprint density at radius 3 is 2.25 bits per heavy atom. The molecule has 8 heteroatoms. The van der Waals surface area contributed by atoms with Crippen molar-refractivity contribution in [3.8, 4) is 0 Å². The van der Waals surface area contributed by atoms with E-state index in [1.54, 1.807) is 12.1 Å². The first-order chi connectivity index (χ1) is 13.1. The molecule has 0 radical (unpaired) electrons. The number of halogens is 2. The number of benzene rings is 2. The van der Waals surface area contributed by atoms with E-state index in [2.05, 4.69) is 5.32 Å². The predicted molar refractivity (Wildman–Crippen MR) is 114 cm³/mol. The Kier molecular flexibility index (Phi) is 8.26. The summed E-state index contributed by atoms with van der Waals surface area (Å²) in [5, 5.41) is 3.34. The number of para-hydroxylation sites is 1. The molecule has 6 nitrogen and oxygen atoms in total. The summed E-state index contributed by atoms with van der Waals surface area (Å²) in [6.45, 7) is 3.24. The Labute approximate surface area is 176 Å². The van der Waals surface area contributed by atoms with Gasteiger partial charge in [-0.1, -0.05) is 35.9 Å². The Morgan fingerprint density at radius 2 is 1.64 bits per heavy atom. The van der Waals surface area contributed by atoms with Crippen molar-refractivity contribution in [1.29, 1.82) is 0 Å². The van der Waals surface area contributed by atoms with Gasteiger partial charge in [0, 0.05) is 38.3 Å². The number of carbonyl (C=O) groups is 2. The van der Waals surface area contributed by atoms with Crippen molar-refractivity contribution in [3.05, 3.63) is 64.7 Å². The van der Waals surface area contributed by atoms with Crippen LogP contribution in [-0.2, 0) is 11.3 Å². The fourth-order valence-corrected chi connectivity index (χ4v) is 3.21. The number of nitrogens with one attached hydrogen (secondary N) is 1. The quantitative estimate of drug-likeness (QED) is 0.775. The molecule has 1 fully saturated rings. The third kappa shape index (κ3) is 5.69. The summed E-state index contributed by atoms with van der Waals surface area (Å²) in [4.78, 5) is 28.7. The summed E-state index contributed by atoms with van der Waals surface area (Å²) < 4.78 is 0. The second-order valence-electron chi connectivity index (χ2n) is 6.50. The van der Waals surface area contributed by atoms with Crippen LogP contribution >= 0.6 is 24.0 Å². The Morgan fingerprint density at radius 1 is 1.00 bits per heavy atom. The fourth-order valence-electron chi connectivity index (χ4n) is 3.03. The molecule has 0 atom stereocenters. The lowest BCUT2D eigenvalue weighted by atomic mass is 10.1. The lowest BCUT2D eigenvalue weighted by Gasteiger charge is -2.34. The van der Waals surface area contributed by atoms with E-state index < -0.39 is 0 Å². The fraction of sp³-hybridized carbons (Fsp3) is 0.300. The van der Waals surface area contributed by atoms with Crippen LogP contribution in [-0.4, -0.2) is 54.3 Å². The van der Waals surface area contributed by atoms with Crippen LogP contribution in [0, 0.1) is 0 Å². The van der Waals surface area contributed by atoms with Crippen LogP contribution < -0.4 is 11.1 Å². The van der Waals surface area contributed by atoms with Crippen molar-refractivity contribution in [3.63, 3.8) is 0 Å². The molecule has 2 aromatic rings. The maximum absolute atomic E-state index is 12.6. The summed E-state index contributed by atoms with van der Waals surface area (Å²) in [7, 11) is 0. The molecule has 2 amide bonds. The molecule has 1 aliphatic heterocycles. The van der Waals surface area contributed by atoms with E-state index in [9.17, 15) is 9.59 Å². The number of rotatable bonds is 5. The van der Waals surface area contributed by atoms with E-state index in [-0.39, 0.29) is 30.8 Å². The molecule has 2 aromatic carbocycles. The van der Waals surface area contributed by atoms with E-state index >= 15 is 0 Å². The number of piperazine rings is 1. The lowest BCUT2D eigenvalue weighted by molar-refractivity contribution is -0.117. The van der Waals surface area contributed by atoms with Crippen molar-refractivity contribution in [2.45, 2.75) is 6.54 Å².